The number of nitrogens with zero attached hydrogens (tertiary/aromatic N) is 1. The summed E-state index contributed by atoms with van der Waals surface area (Å²) >= 11 is 0. The van der Waals surface area contributed by atoms with Gasteiger partial charge in [-0.3, -0.25) is 9.59 Å². The van der Waals surface area contributed by atoms with Gasteiger partial charge in [-0.25, -0.2) is 12.7 Å². The topological polar surface area (TPSA) is 119 Å². The Morgan fingerprint density at radius 2 is 1.74 bits per heavy atom. The number of hydrogen-bond donors (Lipinski definition) is 2. The van der Waals surface area contributed by atoms with Gasteiger partial charge in [0.05, 0.1) is 17.5 Å². The van der Waals surface area contributed by atoms with Crippen molar-refractivity contribution in [3.05, 3.63) is 59.7 Å². The number of rotatable bonds is 8. The number of carbonyl (C=O) groups is 2. The van der Waals surface area contributed by atoms with E-state index in [9.17, 15) is 18.0 Å². The predicted octanol–water partition coefficient (Wildman–Crippen LogP) is 1.19. The molecule has 0 aliphatic carbocycles. The van der Waals surface area contributed by atoms with Crippen LogP contribution in [-0.2, 0) is 21.4 Å². The molecule has 0 radical (unpaired) electrons. The van der Waals surface area contributed by atoms with E-state index < -0.39 is 21.8 Å². The first-order valence-electron chi connectivity index (χ1n) is 7.98. The molecule has 0 fully saturated rings. The second kappa shape index (κ2) is 8.65. The molecule has 144 valence electrons. The van der Waals surface area contributed by atoms with Crippen LogP contribution >= 0.6 is 0 Å². The number of anilines is 1. The molecule has 0 aromatic heterocycles. The summed E-state index contributed by atoms with van der Waals surface area (Å²) in [6, 6.07) is 13.2. The van der Waals surface area contributed by atoms with Crippen molar-refractivity contribution in [3.63, 3.8) is 0 Å². The zero-order valence-corrected chi connectivity index (χ0v) is 15.8. The van der Waals surface area contributed by atoms with E-state index in [1.807, 2.05) is 0 Å². The van der Waals surface area contributed by atoms with Crippen LogP contribution in [0.4, 0.5) is 5.69 Å². The van der Waals surface area contributed by atoms with Gasteiger partial charge in [-0.1, -0.05) is 24.3 Å². The lowest BCUT2D eigenvalue weighted by atomic mass is 10.1. The Labute approximate surface area is 158 Å². The number of carbonyl (C=O) groups excluding carboxylic acids is 2. The lowest BCUT2D eigenvalue weighted by Gasteiger charge is -2.14. The summed E-state index contributed by atoms with van der Waals surface area (Å²) in [5.41, 5.74) is 6.59. The van der Waals surface area contributed by atoms with E-state index >= 15 is 0 Å². The number of primary amides is 1. The third-order valence-electron chi connectivity index (χ3n) is 3.73. The number of nitrogens with one attached hydrogen (secondary N) is 1. The van der Waals surface area contributed by atoms with Crippen LogP contribution in [-0.4, -0.2) is 44.4 Å². The Morgan fingerprint density at radius 1 is 1.11 bits per heavy atom. The number of ether oxygens (including phenoxy) is 1. The molecule has 0 saturated carbocycles. The Morgan fingerprint density at radius 3 is 2.33 bits per heavy atom. The molecule has 0 aliphatic rings. The summed E-state index contributed by atoms with van der Waals surface area (Å²) in [5.74, 6) is -0.620. The van der Waals surface area contributed by atoms with Crippen LogP contribution < -0.4 is 15.8 Å². The SMILES string of the molecule is CN(Cc1ccc(OCC(=O)Nc2ccccc2C(N)=O)cc1)S(C)(=O)=O. The van der Waals surface area contributed by atoms with Gasteiger partial charge in [-0.05, 0) is 29.8 Å². The normalized spacial score (nSPS) is 11.2. The third kappa shape index (κ3) is 6.08. The average Bonchev–Trinajstić information content (AvgIpc) is 2.60. The van der Waals surface area contributed by atoms with E-state index in [4.69, 9.17) is 10.5 Å². The lowest BCUT2D eigenvalue weighted by Crippen LogP contribution is -2.24. The summed E-state index contributed by atoms with van der Waals surface area (Å²) < 4.78 is 29.5. The first-order valence-corrected chi connectivity index (χ1v) is 9.83. The standard InChI is InChI=1S/C18H21N3O5S/c1-21(27(2,24)25)11-13-7-9-14(10-8-13)26-12-17(22)20-16-6-4-3-5-15(16)18(19)23/h3-10H,11-12H2,1-2H3,(H2,19,23)(H,20,22). The van der Waals surface area contributed by atoms with Crippen molar-refractivity contribution in [1.29, 1.82) is 0 Å². The predicted molar refractivity (Wildman–Crippen MR) is 102 cm³/mol. The fourth-order valence-corrected chi connectivity index (χ4v) is 2.59. The summed E-state index contributed by atoms with van der Waals surface area (Å²) in [5, 5.41) is 2.58. The second-order valence-electron chi connectivity index (χ2n) is 5.91. The molecule has 0 unspecified atom stereocenters. The lowest BCUT2D eigenvalue weighted by molar-refractivity contribution is -0.118. The van der Waals surface area contributed by atoms with Gasteiger partial charge in [0.15, 0.2) is 6.61 Å². The zero-order valence-electron chi connectivity index (χ0n) is 15.0. The highest BCUT2D eigenvalue weighted by atomic mass is 32.2. The van der Waals surface area contributed by atoms with Crippen molar-refractivity contribution >= 4 is 27.5 Å². The van der Waals surface area contributed by atoms with Gasteiger partial charge >= 0.3 is 0 Å². The Hall–Kier alpha value is -2.91. The zero-order chi connectivity index (χ0) is 20.0. The molecule has 0 bridgehead atoms. The Kier molecular flexibility index (Phi) is 6.54. The fourth-order valence-electron chi connectivity index (χ4n) is 2.21. The van der Waals surface area contributed by atoms with Crippen LogP contribution in [0.15, 0.2) is 48.5 Å². The maximum atomic E-state index is 12.0. The highest BCUT2D eigenvalue weighted by Crippen LogP contribution is 2.16. The maximum absolute atomic E-state index is 12.0. The van der Waals surface area contributed by atoms with Crippen LogP contribution in [0.5, 0.6) is 5.75 Å². The molecular weight excluding hydrogens is 370 g/mol. The molecule has 9 heteroatoms. The summed E-state index contributed by atoms with van der Waals surface area (Å²) in [6.45, 7) is -0.0147. The van der Waals surface area contributed by atoms with Crippen molar-refractivity contribution in [2.45, 2.75) is 6.54 Å². The summed E-state index contributed by atoms with van der Waals surface area (Å²) in [4.78, 5) is 23.4. The molecule has 3 N–H and O–H groups in total. The number of para-hydroxylation sites is 1. The molecule has 0 saturated heterocycles. The molecule has 0 heterocycles. The Bertz CT molecular complexity index is 926. The molecule has 2 aromatic rings. The van der Waals surface area contributed by atoms with Crippen molar-refractivity contribution in [2.75, 3.05) is 25.2 Å². The van der Waals surface area contributed by atoms with E-state index in [0.717, 1.165) is 11.8 Å². The molecule has 27 heavy (non-hydrogen) atoms. The average molecular weight is 391 g/mol. The molecule has 2 rings (SSSR count). The van der Waals surface area contributed by atoms with Gasteiger partial charge in [0.2, 0.25) is 10.0 Å². The van der Waals surface area contributed by atoms with E-state index in [1.165, 1.54) is 17.4 Å². The van der Waals surface area contributed by atoms with Gasteiger partial charge in [-0.15, -0.1) is 0 Å². The van der Waals surface area contributed by atoms with Crippen molar-refractivity contribution in [3.8, 4) is 5.75 Å². The van der Waals surface area contributed by atoms with Gasteiger partial charge in [0.1, 0.15) is 5.75 Å². The van der Waals surface area contributed by atoms with Crippen LogP contribution in [0.25, 0.3) is 0 Å². The van der Waals surface area contributed by atoms with E-state index in [1.54, 1.807) is 42.5 Å². The highest BCUT2D eigenvalue weighted by Gasteiger charge is 2.12. The number of sulfonamides is 1. The minimum absolute atomic E-state index is 0.213. The van der Waals surface area contributed by atoms with Gasteiger partial charge in [-0.2, -0.15) is 0 Å². The number of amides is 2. The monoisotopic (exact) mass is 391 g/mol. The molecule has 8 nitrogen and oxygen atoms in total. The highest BCUT2D eigenvalue weighted by molar-refractivity contribution is 7.88. The summed E-state index contributed by atoms with van der Waals surface area (Å²) in [6.07, 6.45) is 1.14. The first kappa shape index (κ1) is 20.4. The minimum atomic E-state index is -3.26. The first-order chi connectivity index (χ1) is 12.7. The molecule has 2 amide bonds. The van der Waals surface area contributed by atoms with Gasteiger partial charge < -0.3 is 15.8 Å². The molecule has 0 atom stereocenters. The van der Waals surface area contributed by atoms with Gasteiger partial charge in [0.25, 0.3) is 11.8 Å². The molecule has 0 aliphatic heterocycles. The van der Waals surface area contributed by atoms with Crippen LogP contribution in [0.1, 0.15) is 15.9 Å². The number of hydrogen-bond acceptors (Lipinski definition) is 5. The largest absolute Gasteiger partial charge is 0.484 e. The van der Waals surface area contributed by atoms with Crippen molar-refractivity contribution in [2.24, 2.45) is 5.73 Å². The van der Waals surface area contributed by atoms with E-state index in [2.05, 4.69) is 5.32 Å². The third-order valence-corrected chi connectivity index (χ3v) is 4.99. The molecule has 2 aromatic carbocycles. The smallest absolute Gasteiger partial charge is 0.262 e. The number of benzene rings is 2. The maximum Gasteiger partial charge on any atom is 0.262 e. The van der Waals surface area contributed by atoms with Crippen molar-refractivity contribution in [1.82, 2.24) is 4.31 Å². The molecular formula is C18H21N3O5S. The molecule has 0 spiro atoms. The number of nitrogens with two attached hydrogens (primary N) is 1. The van der Waals surface area contributed by atoms with Crippen LogP contribution in [0, 0.1) is 0 Å². The fraction of sp³-hybridized carbons (Fsp3) is 0.222. The van der Waals surface area contributed by atoms with Crippen molar-refractivity contribution < 1.29 is 22.7 Å². The van der Waals surface area contributed by atoms with E-state index in [0.29, 0.717) is 11.4 Å². The van der Waals surface area contributed by atoms with Crippen LogP contribution in [0.3, 0.4) is 0 Å². The summed E-state index contributed by atoms with van der Waals surface area (Å²) in [7, 11) is -1.76. The second-order valence-corrected chi connectivity index (χ2v) is 8.00. The van der Waals surface area contributed by atoms with Gasteiger partial charge in [0, 0.05) is 13.6 Å². The quantitative estimate of drug-likeness (QED) is 0.701. The minimum Gasteiger partial charge on any atom is -0.484 e. The van der Waals surface area contributed by atoms with Crippen LogP contribution in [0.2, 0.25) is 0 Å². The Balaban J connectivity index is 1.91. The van der Waals surface area contributed by atoms with E-state index in [-0.39, 0.29) is 18.7 Å².